The number of aryl methyl sites for hydroxylation is 1. The largest absolute Gasteiger partial charge is 0.365 e. The number of nitrogens with zero attached hydrogens (tertiary/aromatic N) is 1. The van der Waals surface area contributed by atoms with Crippen LogP contribution in [0.3, 0.4) is 0 Å². The van der Waals surface area contributed by atoms with Gasteiger partial charge in [-0.15, -0.1) is 0 Å². The number of amides is 2. The van der Waals surface area contributed by atoms with E-state index in [0.29, 0.717) is 23.7 Å². The van der Waals surface area contributed by atoms with E-state index in [1.807, 2.05) is 13.0 Å². The average molecular weight is 297 g/mol. The van der Waals surface area contributed by atoms with Gasteiger partial charge in [-0.1, -0.05) is 23.7 Å². The summed E-state index contributed by atoms with van der Waals surface area (Å²) in [6, 6.07) is 5.35. The molecule has 0 unspecified atom stereocenters. The molecule has 6 heteroatoms. The lowest BCUT2D eigenvalue weighted by Crippen LogP contribution is -2.51. The Morgan fingerprint density at radius 1 is 1.45 bits per heavy atom. The van der Waals surface area contributed by atoms with Gasteiger partial charge in [0.05, 0.1) is 23.7 Å². The third-order valence-corrected chi connectivity index (χ3v) is 3.82. The summed E-state index contributed by atoms with van der Waals surface area (Å²) in [6.07, 6.45) is -0.624. The van der Waals surface area contributed by atoms with E-state index in [2.05, 4.69) is 5.32 Å². The Morgan fingerprint density at radius 2 is 2.20 bits per heavy atom. The van der Waals surface area contributed by atoms with E-state index < -0.39 is 6.10 Å². The summed E-state index contributed by atoms with van der Waals surface area (Å²) in [7, 11) is 1.55. The second kappa shape index (κ2) is 6.24. The van der Waals surface area contributed by atoms with Crippen molar-refractivity contribution in [2.24, 2.45) is 0 Å². The molecular weight excluding hydrogens is 280 g/mol. The predicted molar refractivity (Wildman–Crippen MR) is 75.9 cm³/mol. The minimum atomic E-state index is -0.624. The van der Waals surface area contributed by atoms with Gasteiger partial charge in [0, 0.05) is 13.6 Å². The first-order valence-electron chi connectivity index (χ1n) is 6.42. The molecule has 2 amide bonds. The zero-order chi connectivity index (χ0) is 14.7. The first-order valence-corrected chi connectivity index (χ1v) is 6.80. The summed E-state index contributed by atoms with van der Waals surface area (Å²) < 4.78 is 5.36. The Labute approximate surface area is 122 Å². The number of ether oxygens (including phenoxy) is 1. The monoisotopic (exact) mass is 296 g/mol. The van der Waals surface area contributed by atoms with Crippen molar-refractivity contribution in [2.75, 3.05) is 26.7 Å². The van der Waals surface area contributed by atoms with Crippen LogP contribution in [-0.4, -0.2) is 49.6 Å². The maximum atomic E-state index is 12.5. The highest BCUT2D eigenvalue weighted by Crippen LogP contribution is 2.22. The molecule has 1 N–H and O–H groups in total. The molecule has 1 aliphatic rings. The maximum absolute atomic E-state index is 12.5. The van der Waals surface area contributed by atoms with Crippen LogP contribution < -0.4 is 5.32 Å². The second-order valence-electron chi connectivity index (χ2n) is 4.66. The third kappa shape index (κ3) is 2.94. The smallest absolute Gasteiger partial charge is 0.255 e. The SMILES string of the molecule is CNC(=O)[C@H]1CN(C(=O)c2cccc(C)c2Cl)CCO1. The fourth-order valence-electron chi connectivity index (χ4n) is 2.14. The lowest BCUT2D eigenvalue weighted by atomic mass is 10.1. The lowest BCUT2D eigenvalue weighted by molar-refractivity contribution is -0.136. The molecule has 0 saturated carbocycles. The molecule has 1 atom stereocenters. The highest BCUT2D eigenvalue weighted by Gasteiger charge is 2.29. The topological polar surface area (TPSA) is 58.6 Å². The summed E-state index contributed by atoms with van der Waals surface area (Å²) in [5.41, 5.74) is 1.32. The van der Waals surface area contributed by atoms with Crippen LogP contribution in [0.1, 0.15) is 15.9 Å². The average Bonchev–Trinajstić information content (AvgIpc) is 2.48. The number of hydrogen-bond acceptors (Lipinski definition) is 3. The van der Waals surface area contributed by atoms with Crippen LogP contribution in [0.5, 0.6) is 0 Å². The molecule has 1 aromatic carbocycles. The fraction of sp³-hybridized carbons (Fsp3) is 0.429. The van der Waals surface area contributed by atoms with E-state index in [9.17, 15) is 9.59 Å². The molecule has 108 valence electrons. The van der Waals surface area contributed by atoms with Crippen LogP contribution in [0.25, 0.3) is 0 Å². The van der Waals surface area contributed by atoms with Crippen LogP contribution in [0.15, 0.2) is 18.2 Å². The van der Waals surface area contributed by atoms with Gasteiger partial charge in [-0.05, 0) is 18.6 Å². The van der Waals surface area contributed by atoms with Crippen molar-refractivity contribution in [1.29, 1.82) is 0 Å². The van der Waals surface area contributed by atoms with Crippen molar-refractivity contribution in [3.05, 3.63) is 34.3 Å². The molecule has 1 aromatic rings. The predicted octanol–water partition coefficient (Wildman–Crippen LogP) is 1.24. The Bertz CT molecular complexity index is 533. The van der Waals surface area contributed by atoms with Crippen molar-refractivity contribution in [3.63, 3.8) is 0 Å². The summed E-state index contributed by atoms with van der Waals surface area (Å²) in [5, 5.41) is 2.99. The van der Waals surface area contributed by atoms with Gasteiger partial charge in [-0.3, -0.25) is 9.59 Å². The van der Waals surface area contributed by atoms with Gasteiger partial charge in [0.15, 0.2) is 6.10 Å². The molecule has 2 rings (SSSR count). The number of carbonyl (C=O) groups excluding carboxylic acids is 2. The number of likely N-dealkylation sites (N-methyl/N-ethyl adjacent to an activating group) is 1. The van der Waals surface area contributed by atoms with Crippen molar-refractivity contribution >= 4 is 23.4 Å². The zero-order valence-corrected chi connectivity index (χ0v) is 12.2. The molecule has 1 aliphatic heterocycles. The summed E-state index contributed by atoms with van der Waals surface area (Å²) in [5.74, 6) is -0.395. The molecule has 1 fully saturated rings. The van der Waals surface area contributed by atoms with Crippen LogP contribution in [0, 0.1) is 6.92 Å². The Morgan fingerprint density at radius 3 is 2.90 bits per heavy atom. The molecule has 0 spiro atoms. The molecule has 5 nitrogen and oxygen atoms in total. The van der Waals surface area contributed by atoms with Crippen molar-refractivity contribution in [1.82, 2.24) is 10.2 Å². The van der Waals surface area contributed by atoms with Gasteiger partial charge in [0.2, 0.25) is 0 Å². The Kier molecular flexibility index (Phi) is 4.62. The summed E-state index contributed by atoms with van der Waals surface area (Å²) in [4.78, 5) is 25.7. The van der Waals surface area contributed by atoms with Crippen LogP contribution in [0.4, 0.5) is 0 Å². The van der Waals surface area contributed by atoms with Crippen molar-refractivity contribution in [3.8, 4) is 0 Å². The minimum Gasteiger partial charge on any atom is -0.365 e. The normalized spacial score (nSPS) is 18.8. The van der Waals surface area contributed by atoms with Gasteiger partial charge < -0.3 is 15.0 Å². The van der Waals surface area contributed by atoms with Crippen LogP contribution >= 0.6 is 11.6 Å². The third-order valence-electron chi connectivity index (χ3n) is 3.31. The molecule has 20 heavy (non-hydrogen) atoms. The van der Waals surface area contributed by atoms with E-state index in [1.165, 1.54) is 0 Å². The minimum absolute atomic E-state index is 0.170. The maximum Gasteiger partial charge on any atom is 0.255 e. The molecule has 1 heterocycles. The lowest BCUT2D eigenvalue weighted by Gasteiger charge is -2.32. The van der Waals surface area contributed by atoms with E-state index in [-0.39, 0.29) is 18.4 Å². The van der Waals surface area contributed by atoms with E-state index in [1.54, 1.807) is 24.1 Å². The number of nitrogens with one attached hydrogen (secondary N) is 1. The second-order valence-corrected chi connectivity index (χ2v) is 5.04. The molecule has 0 bridgehead atoms. The number of rotatable bonds is 2. The molecule has 0 aliphatic carbocycles. The van der Waals surface area contributed by atoms with E-state index >= 15 is 0 Å². The van der Waals surface area contributed by atoms with Crippen molar-refractivity contribution in [2.45, 2.75) is 13.0 Å². The van der Waals surface area contributed by atoms with E-state index in [0.717, 1.165) is 5.56 Å². The van der Waals surface area contributed by atoms with Crippen LogP contribution in [-0.2, 0) is 9.53 Å². The molecule has 0 radical (unpaired) electrons. The van der Waals surface area contributed by atoms with Gasteiger partial charge in [0.1, 0.15) is 0 Å². The number of halogens is 1. The highest BCUT2D eigenvalue weighted by molar-refractivity contribution is 6.34. The van der Waals surface area contributed by atoms with Gasteiger partial charge >= 0.3 is 0 Å². The number of hydrogen-bond donors (Lipinski definition) is 1. The first-order chi connectivity index (χ1) is 9.54. The summed E-state index contributed by atoms with van der Waals surface area (Å²) >= 11 is 6.18. The number of morpholine rings is 1. The fourth-order valence-corrected chi connectivity index (χ4v) is 2.34. The molecular formula is C14H17ClN2O3. The first kappa shape index (κ1) is 14.8. The quantitative estimate of drug-likeness (QED) is 0.893. The van der Waals surface area contributed by atoms with Gasteiger partial charge in [-0.25, -0.2) is 0 Å². The summed E-state index contributed by atoms with van der Waals surface area (Å²) in [6.45, 7) is 2.89. The highest BCUT2D eigenvalue weighted by atomic mass is 35.5. The van der Waals surface area contributed by atoms with Gasteiger partial charge in [0.25, 0.3) is 11.8 Å². The number of benzene rings is 1. The zero-order valence-electron chi connectivity index (χ0n) is 11.5. The van der Waals surface area contributed by atoms with Gasteiger partial charge in [-0.2, -0.15) is 0 Å². The van der Waals surface area contributed by atoms with Crippen LogP contribution in [0.2, 0.25) is 5.02 Å². The molecule has 1 saturated heterocycles. The Hall–Kier alpha value is -1.59. The van der Waals surface area contributed by atoms with E-state index in [4.69, 9.17) is 16.3 Å². The Balaban J connectivity index is 2.16. The molecule has 0 aromatic heterocycles. The standard InChI is InChI=1S/C14H17ClN2O3/c1-9-4-3-5-10(12(9)15)14(19)17-6-7-20-11(8-17)13(18)16-2/h3-5,11H,6-8H2,1-2H3,(H,16,18)/t11-/m1/s1. The van der Waals surface area contributed by atoms with Crippen molar-refractivity contribution < 1.29 is 14.3 Å². The number of carbonyl (C=O) groups is 2.